The second-order valence-corrected chi connectivity index (χ2v) is 5.00. The van der Waals surface area contributed by atoms with Crippen molar-refractivity contribution in [1.82, 2.24) is 4.98 Å². The van der Waals surface area contributed by atoms with E-state index >= 15 is 0 Å². The Labute approximate surface area is 120 Å². The molecular weight excluding hydrogens is 271 g/mol. The van der Waals surface area contributed by atoms with Gasteiger partial charge < -0.3 is 14.5 Å². The molecule has 1 aliphatic heterocycles. The highest BCUT2D eigenvalue weighted by Crippen LogP contribution is 2.35. The Morgan fingerprint density at radius 2 is 2.10 bits per heavy atom. The van der Waals surface area contributed by atoms with Gasteiger partial charge in [-0.1, -0.05) is 12.1 Å². The van der Waals surface area contributed by atoms with Crippen molar-refractivity contribution in [2.45, 2.75) is 12.5 Å². The van der Waals surface area contributed by atoms with Gasteiger partial charge in [-0.3, -0.25) is 0 Å². The highest BCUT2D eigenvalue weighted by atomic mass is 19.1. The van der Waals surface area contributed by atoms with Crippen LogP contribution in [0.4, 0.5) is 10.4 Å². The molecule has 1 aliphatic rings. The van der Waals surface area contributed by atoms with Crippen LogP contribution in [0.3, 0.4) is 0 Å². The highest BCUT2D eigenvalue weighted by molar-refractivity contribution is 5.74. The van der Waals surface area contributed by atoms with Crippen LogP contribution in [0.5, 0.6) is 5.75 Å². The number of nitrogens with zero attached hydrogens (tertiary/aromatic N) is 1. The van der Waals surface area contributed by atoms with E-state index in [0.29, 0.717) is 18.4 Å². The number of aromatic nitrogens is 1. The van der Waals surface area contributed by atoms with Crippen molar-refractivity contribution in [3.05, 3.63) is 53.8 Å². The molecule has 0 radical (unpaired) electrons. The van der Waals surface area contributed by atoms with E-state index in [9.17, 15) is 4.39 Å². The van der Waals surface area contributed by atoms with Gasteiger partial charge in [0.1, 0.15) is 17.1 Å². The van der Waals surface area contributed by atoms with Crippen LogP contribution in [0.2, 0.25) is 0 Å². The molecule has 4 nitrogen and oxygen atoms in total. The molecule has 21 heavy (non-hydrogen) atoms. The van der Waals surface area contributed by atoms with Crippen LogP contribution in [0.25, 0.3) is 11.1 Å². The molecule has 1 aromatic heterocycles. The number of fused-ring (bicyclic) bond motifs is 2. The van der Waals surface area contributed by atoms with Gasteiger partial charge >= 0.3 is 0 Å². The molecule has 1 N–H and O–H groups in total. The van der Waals surface area contributed by atoms with Gasteiger partial charge in [-0.15, -0.1) is 0 Å². The van der Waals surface area contributed by atoms with Crippen molar-refractivity contribution >= 4 is 17.1 Å². The lowest BCUT2D eigenvalue weighted by Gasteiger charge is -2.26. The number of hydrogen-bond donors (Lipinski definition) is 1. The Kier molecular flexibility index (Phi) is 2.77. The predicted molar refractivity (Wildman–Crippen MR) is 76.9 cm³/mol. The van der Waals surface area contributed by atoms with Gasteiger partial charge in [0.05, 0.1) is 12.6 Å². The van der Waals surface area contributed by atoms with Crippen molar-refractivity contribution in [2.24, 2.45) is 0 Å². The number of ether oxygens (including phenoxy) is 1. The Bertz CT molecular complexity index is 767. The molecule has 1 atom stereocenters. The minimum Gasteiger partial charge on any atom is -0.493 e. The first-order chi connectivity index (χ1) is 10.3. The van der Waals surface area contributed by atoms with E-state index in [1.165, 1.54) is 12.1 Å². The molecule has 0 fully saturated rings. The second kappa shape index (κ2) is 4.77. The molecule has 1 unspecified atom stereocenters. The number of anilines is 1. The normalized spacial score (nSPS) is 17.3. The van der Waals surface area contributed by atoms with Crippen LogP contribution < -0.4 is 10.1 Å². The Morgan fingerprint density at radius 3 is 3.00 bits per heavy atom. The van der Waals surface area contributed by atoms with E-state index in [1.54, 1.807) is 6.07 Å². The maximum atomic E-state index is 13.5. The molecule has 2 heterocycles. The first-order valence-electron chi connectivity index (χ1n) is 6.84. The fraction of sp³-hybridized carbons (Fsp3) is 0.188. The molecule has 0 amide bonds. The summed E-state index contributed by atoms with van der Waals surface area (Å²) in [6.07, 6.45) is 0.731. The van der Waals surface area contributed by atoms with Gasteiger partial charge in [0.15, 0.2) is 5.58 Å². The van der Waals surface area contributed by atoms with E-state index in [2.05, 4.69) is 10.3 Å². The minimum atomic E-state index is -0.274. The largest absolute Gasteiger partial charge is 0.493 e. The predicted octanol–water partition coefficient (Wildman–Crippen LogP) is 3.90. The number of hydrogen-bond acceptors (Lipinski definition) is 4. The number of halogens is 1. The maximum absolute atomic E-state index is 13.5. The van der Waals surface area contributed by atoms with Crippen LogP contribution in [-0.2, 0) is 0 Å². The van der Waals surface area contributed by atoms with Crippen molar-refractivity contribution in [3.63, 3.8) is 0 Å². The van der Waals surface area contributed by atoms with Crippen LogP contribution in [0.15, 0.2) is 46.9 Å². The van der Waals surface area contributed by atoms with Crippen molar-refractivity contribution in [1.29, 1.82) is 0 Å². The van der Waals surface area contributed by atoms with E-state index in [-0.39, 0.29) is 11.9 Å². The van der Waals surface area contributed by atoms with Crippen molar-refractivity contribution in [2.75, 3.05) is 11.9 Å². The van der Waals surface area contributed by atoms with Gasteiger partial charge in [-0.05, 0) is 30.3 Å². The average Bonchev–Trinajstić information content (AvgIpc) is 2.90. The first kappa shape index (κ1) is 12.2. The Morgan fingerprint density at radius 1 is 1.19 bits per heavy atom. The SMILES string of the molecule is Fc1ccc2c(c1)C(Nc1nc3ccccc3o1)CCO2. The average molecular weight is 284 g/mol. The van der Waals surface area contributed by atoms with Gasteiger partial charge in [-0.25, -0.2) is 4.39 Å². The summed E-state index contributed by atoms with van der Waals surface area (Å²) < 4.78 is 24.7. The smallest absolute Gasteiger partial charge is 0.296 e. The monoisotopic (exact) mass is 284 g/mol. The fourth-order valence-corrected chi connectivity index (χ4v) is 2.60. The lowest BCUT2D eigenvalue weighted by atomic mass is 10.0. The summed E-state index contributed by atoms with van der Waals surface area (Å²) in [4.78, 5) is 4.39. The van der Waals surface area contributed by atoms with Gasteiger partial charge in [0.2, 0.25) is 0 Å². The summed E-state index contributed by atoms with van der Waals surface area (Å²) in [5.74, 6) is 0.430. The molecule has 0 bridgehead atoms. The summed E-state index contributed by atoms with van der Waals surface area (Å²) in [6.45, 7) is 0.580. The van der Waals surface area contributed by atoms with Crippen LogP contribution in [0.1, 0.15) is 18.0 Å². The molecule has 106 valence electrons. The molecule has 0 spiro atoms. The molecule has 0 saturated carbocycles. The maximum Gasteiger partial charge on any atom is 0.296 e. The van der Waals surface area contributed by atoms with Gasteiger partial charge in [0, 0.05) is 12.0 Å². The van der Waals surface area contributed by atoms with Crippen molar-refractivity contribution in [3.8, 4) is 5.75 Å². The molecule has 0 saturated heterocycles. The Hall–Kier alpha value is -2.56. The molecule has 0 aliphatic carbocycles. The van der Waals surface area contributed by atoms with E-state index in [1.807, 2.05) is 24.3 Å². The van der Waals surface area contributed by atoms with E-state index in [4.69, 9.17) is 9.15 Å². The number of nitrogens with one attached hydrogen (secondary N) is 1. The minimum absolute atomic E-state index is 0.0717. The number of para-hydroxylation sites is 2. The zero-order valence-corrected chi connectivity index (χ0v) is 11.2. The summed E-state index contributed by atoms with van der Waals surface area (Å²) in [5, 5.41) is 3.23. The van der Waals surface area contributed by atoms with Crippen LogP contribution in [-0.4, -0.2) is 11.6 Å². The number of rotatable bonds is 2. The summed E-state index contributed by atoms with van der Waals surface area (Å²) in [6, 6.07) is 12.5. The third-order valence-electron chi connectivity index (χ3n) is 3.60. The lowest BCUT2D eigenvalue weighted by Crippen LogP contribution is -2.20. The molecule has 5 heteroatoms. The third-order valence-corrected chi connectivity index (χ3v) is 3.60. The summed E-state index contributed by atoms with van der Waals surface area (Å²) in [7, 11) is 0. The first-order valence-corrected chi connectivity index (χ1v) is 6.84. The highest BCUT2D eigenvalue weighted by Gasteiger charge is 2.23. The van der Waals surface area contributed by atoms with Gasteiger partial charge in [0.25, 0.3) is 6.01 Å². The quantitative estimate of drug-likeness (QED) is 0.775. The van der Waals surface area contributed by atoms with E-state index < -0.39 is 0 Å². The molecule has 4 rings (SSSR count). The summed E-state index contributed by atoms with van der Waals surface area (Å²) >= 11 is 0. The topological polar surface area (TPSA) is 47.3 Å². The molecule has 3 aromatic rings. The third kappa shape index (κ3) is 2.20. The summed E-state index contributed by atoms with van der Waals surface area (Å²) in [5.41, 5.74) is 2.32. The second-order valence-electron chi connectivity index (χ2n) is 5.00. The molecule has 2 aromatic carbocycles. The fourth-order valence-electron chi connectivity index (χ4n) is 2.60. The zero-order valence-electron chi connectivity index (χ0n) is 11.2. The van der Waals surface area contributed by atoms with E-state index in [0.717, 1.165) is 23.1 Å². The standard InChI is InChI=1S/C16H13FN2O2/c17-10-5-6-14-11(9-10)12(7-8-20-14)18-16-19-13-3-1-2-4-15(13)21-16/h1-6,9,12H,7-8H2,(H,18,19). The lowest BCUT2D eigenvalue weighted by molar-refractivity contribution is 0.272. The van der Waals surface area contributed by atoms with Crippen LogP contribution in [0, 0.1) is 5.82 Å². The molecular formula is C16H13FN2O2. The zero-order chi connectivity index (χ0) is 14.2. The van der Waals surface area contributed by atoms with Crippen LogP contribution >= 0.6 is 0 Å². The number of oxazole rings is 1. The van der Waals surface area contributed by atoms with Gasteiger partial charge in [-0.2, -0.15) is 4.98 Å². The van der Waals surface area contributed by atoms with Crippen molar-refractivity contribution < 1.29 is 13.5 Å². The number of benzene rings is 2. The Balaban J connectivity index is 1.67.